The quantitative estimate of drug-likeness (QED) is 0.253. The van der Waals surface area contributed by atoms with Crippen LogP contribution in [0.2, 0.25) is 0 Å². The van der Waals surface area contributed by atoms with Crippen LogP contribution in [0.25, 0.3) is 0 Å². The molecule has 2 N–H and O–H groups in total. The number of anilines is 1. The summed E-state index contributed by atoms with van der Waals surface area (Å²) in [4.78, 5) is 13.7. The lowest BCUT2D eigenvalue weighted by atomic mass is 9.86. The number of likely N-dealkylation sites (N-methyl/N-ethyl adjacent to an activating group) is 1. The first-order valence-corrected chi connectivity index (χ1v) is 11.1. The Morgan fingerprint density at radius 2 is 1.90 bits per heavy atom. The van der Waals surface area contributed by atoms with E-state index in [2.05, 4.69) is 49.6 Å². The second-order valence-corrected chi connectivity index (χ2v) is 8.31. The van der Waals surface area contributed by atoms with Crippen LogP contribution in [0.3, 0.4) is 0 Å². The SMILES string of the molecule is CN=C(NCCCC1CCCCC1)NCc1ccnc(N2CCN(C)CC2)c1.I. The molecule has 1 saturated carbocycles. The molecule has 0 bridgehead atoms. The van der Waals surface area contributed by atoms with E-state index in [0.717, 1.165) is 57.0 Å². The molecule has 6 nitrogen and oxygen atoms in total. The molecule has 1 aromatic rings. The van der Waals surface area contributed by atoms with Crippen LogP contribution in [0, 0.1) is 5.92 Å². The maximum Gasteiger partial charge on any atom is 0.191 e. The topological polar surface area (TPSA) is 55.8 Å². The van der Waals surface area contributed by atoms with Gasteiger partial charge in [0.2, 0.25) is 0 Å². The highest BCUT2D eigenvalue weighted by Crippen LogP contribution is 2.26. The number of piperazine rings is 1. The lowest BCUT2D eigenvalue weighted by molar-refractivity contribution is 0.312. The van der Waals surface area contributed by atoms with Crippen molar-refractivity contribution in [1.82, 2.24) is 20.5 Å². The Hall–Kier alpha value is -1.09. The normalized spacial score (nSPS) is 19.0. The summed E-state index contributed by atoms with van der Waals surface area (Å²) in [5.74, 6) is 2.93. The monoisotopic (exact) mass is 514 g/mol. The van der Waals surface area contributed by atoms with Gasteiger partial charge < -0.3 is 20.4 Å². The molecule has 2 heterocycles. The van der Waals surface area contributed by atoms with E-state index in [-0.39, 0.29) is 24.0 Å². The van der Waals surface area contributed by atoms with Gasteiger partial charge in [0.15, 0.2) is 5.96 Å². The number of pyridine rings is 1. The van der Waals surface area contributed by atoms with Crippen LogP contribution in [0.15, 0.2) is 23.3 Å². The Kier molecular flexibility index (Phi) is 11.1. The van der Waals surface area contributed by atoms with Crippen molar-refractivity contribution in [3.05, 3.63) is 23.9 Å². The molecule has 7 heteroatoms. The maximum atomic E-state index is 4.57. The predicted octanol–water partition coefficient (Wildman–Crippen LogP) is 3.48. The average Bonchev–Trinajstić information content (AvgIpc) is 2.75. The van der Waals surface area contributed by atoms with Gasteiger partial charge in [-0.2, -0.15) is 0 Å². The Labute approximate surface area is 194 Å². The summed E-state index contributed by atoms with van der Waals surface area (Å²) in [7, 11) is 4.03. The Balaban J connectivity index is 0.00000300. The van der Waals surface area contributed by atoms with E-state index >= 15 is 0 Å². The zero-order valence-electron chi connectivity index (χ0n) is 18.2. The minimum Gasteiger partial charge on any atom is -0.356 e. The lowest BCUT2D eigenvalue weighted by Gasteiger charge is -2.33. The third-order valence-corrected chi connectivity index (χ3v) is 6.13. The van der Waals surface area contributed by atoms with Crippen LogP contribution < -0.4 is 15.5 Å². The van der Waals surface area contributed by atoms with Gasteiger partial charge in [-0.25, -0.2) is 4.98 Å². The number of rotatable bonds is 7. The second-order valence-electron chi connectivity index (χ2n) is 8.31. The van der Waals surface area contributed by atoms with Gasteiger partial charge in [-0.3, -0.25) is 4.99 Å². The fourth-order valence-electron chi connectivity index (χ4n) is 4.26. The van der Waals surface area contributed by atoms with Crippen molar-refractivity contribution in [1.29, 1.82) is 0 Å². The highest BCUT2D eigenvalue weighted by Gasteiger charge is 2.15. The molecule has 3 rings (SSSR count). The molecule has 0 unspecified atom stereocenters. The van der Waals surface area contributed by atoms with Gasteiger partial charge in [-0.05, 0) is 43.5 Å². The van der Waals surface area contributed by atoms with Crippen molar-refractivity contribution in [2.45, 2.75) is 51.5 Å². The van der Waals surface area contributed by atoms with Gasteiger partial charge in [0, 0.05) is 52.5 Å². The van der Waals surface area contributed by atoms with E-state index in [4.69, 9.17) is 0 Å². The number of guanidine groups is 1. The summed E-state index contributed by atoms with van der Waals surface area (Å²) in [6.07, 6.45) is 11.7. The highest BCUT2D eigenvalue weighted by atomic mass is 127. The number of halogens is 1. The zero-order valence-corrected chi connectivity index (χ0v) is 20.5. The maximum absolute atomic E-state index is 4.57. The first-order chi connectivity index (χ1) is 13.7. The summed E-state index contributed by atoms with van der Waals surface area (Å²) < 4.78 is 0. The van der Waals surface area contributed by atoms with Crippen molar-refractivity contribution >= 4 is 35.8 Å². The summed E-state index contributed by atoms with van der Waals surface area (Å²) in [6, 6.07) is 4.29. The van der Waals surface area contributed by atoms with Crippen LogP contribution >= 0.6 is 24.0 Å². The summed E-state index contributed by atoms with van der Waals surface area (Å²) in [5, 5.41) is 6.92. The van der Waals surface area contributed by atoms with Crippen LogP contribution in [0.1, 0.15) is 50.5 Å². The number of aromatic nitrogens is 1. The fraction of sp³-hybridized carbons (Fsp3) is 0.727. The standard InChI is InChI=1S/C22H38N6.HI/c1-23-22(25-11-6-9-19-7-4-3-5-8-19)26-18-20-10-12-24-21(17-20)28-15-13-27(2)14-16-28;/h10,12,17,19H,3-9,11,13-16,18H2,1-2H3,(H2,23,25,26);1H. The predicted molar refractivity (Wildman–Crippen MR) is 133 cm³/mol. The Morgan fingerprint density at radius 3 is 2.62 bits per heavy atom. The molecular weight excluding hydrogens is 475 g/mol. The van der Waals surface area contributed by atoms with Gasteiger partial charge in [-0.1, -0.05) is 32.1 Å². The van der Waals surface area contributed by atoms with Gasteiger partial charge in [0.1, 0.15) is 5.82 Å². The first-order valence-electron chi connectivity index (χ1n) is 11.1. The molecule has 29 heavy (non-hydrogen) atoms. The Morgan fingerprint density at radius 1 is 1.14 bits per heavy atom. The minimum absolute atomic E-state index is 0. The molecular formula is C22H39IN6. The molecule has 0 aromatic carbocycles. The zero-order chi connectivity index (χ0) is 19.6. The summed E-state index contributed by atoms with van der Waals surface area (Å²) in [6.45, 7) is 6.06. The molecule has 2 aliphatic rings. The largest absolute Gasteiger partial charge is 0.356 e. The minimum atomic E-state index is 0. The van der Waals surface area contributed by atoms with Crippen molar-refractivity contribution < 1.29 is 0 Å². The third kappa shape index (κ3) is 8.28. The summed E-state index contributed by atoms with van der Waals surface area (Å²) in [5.41, 5.74) is 1.24. The molecule has 0 spiro atoms. The van der Waals surface area contributed by atoms with Crippen LogP contribution in [0.4, 0.5) is 5.82 Å². The highest BCUT2D eigenvalue weighted by molar-refractivity contribution is 14.0. The van der Waals surface area contributed by atoms with Gasteiger partial charge >= 0.3 is 0 Å². The van der Waals surface area contributed by atoms with Crippen molar-refractivity contribution in [3.8, 4) is 0 Å². The number of hydrogen-bond acceptors (Lipinski definition) is 4. The molecule has 0 amide bonds. The van der Waals surface area contributed by atoms with Crippen molar-refractivity contribution in [3.63, 3.8) is 0 Å². The molecule has 0 radical (unpaired) electrons. The number of hydrogen-bond donors (Lipinski definition) is 2. The molecule has 164 valence electrons. The smallest absolute Gasteiger partial charge is 0.191 e. The van der Waals surface area contributed by atoms with E-state index in [1.54, 1.807) is 0 Å². The van der Waals surface area contributed by atoms with Crippen LogP contribution in [-0.4, -0.2) is 62.7 Å². The molecule has 0 atom stereocenters. The molecule has 1 aliphatic carbocycles. The van der Waals surface area contributed by atoms with Crippen molar-refractivity contribution in [2.24, 2.45) is 10.9 Å². The fourth-order valence-corrected chi connectivity index (χ4v) is 4.26. The molecule has 1 aliphatic heterocycles. The lowest BCUT2D eigenvalue weighted by Crippen LogP contribution is -2.44. The van der Waals surface area contributed by atoms with Crippen LogP contribution in [0.5, 0.6) is 0 Å². The molecule has 1 aromatic heterocycles. The average molecular weight is 515 g/mol. The van der Waals surface area contributed by atoms with Crippen LogP contribution in [-0.2, 0) is 6.54 Å². The van der Waals surface area contributed by atoms with Gasteiger partial charge in [0.05, 0.1) is 0 Å². The number of nitrogens with zero attached hydrogens (tertiary/aromatic N) is 4. The van der Waals surface area contributed by atoms with Gasteiger partial charge in [0.25, 0.3) is 0 Å². The molecule has 2 fully saturated rings. The van der Waals surface area contributed by atoms with Crippen molar-refractivity contribution in [2.75, 3.05) is 51.7 Å². The summed E-state index contributed by atoms with van der Waals surface area (Å²) >= 11 is 0. The van der Waals surface area contributed by atoms with E-state index in [1.807, 2.05) is 13.2 Å². The van der Waals surface area contributed by atoms with Gasteiger partial charge in [-0.15, -0.1) is 24.0 Å². The second kappa shape index (κ2) is 13.3. The molecule has 1 saturated heterocycles. The Bertz CT molecular complexity index is 609. The third-order valence-electron chi connectivity index (χ3n) is 6.13. The van der Waals surface area contributed by atoms with E-state index < -0.39 is 0 Å². The van der Waals surface area contributed by atoms with E-state index in [1.165, 1.54) is 50.5 Å². The first kappa shape index (κ1) is 24.2. The number of aliphatic imine (C=N–C) groups is 1. The number of nitrogens with one attached hydrogen (secondary N) is 2. The van der Waals surface area contributed by atoms with E-state index in [9.17, 15) is 0 Å². The van der Waals surface area contributed by atoms with E-state index in [0.29, 0.717) is 0 Å².